The quantitative estimate of drug-likeness (QED) is 0.832. The Kier molecular flexibility index (Phi) is 3.85. The van der Waals surface area contributed by atoms with Crippen LogP contribution in [0.1, 0.15) is 0 Å². The van der Waals surface area contributed by atoms with E-state index < -0.39 is 11.6 Å². The van der Waals surface area contributed by atoms with Crippen molar-refractivity contribution in [3.8, 4) is 0 Å². The molecule has 1 aromatic carbocycles. The fourth-order valence-corrected chi connectivity index (χ4v) is 1.73. The fraction of sp³-hybridized carbons (Fsp3) is 0. The van der Waals surface area contributed by atoms with E-state index in [0.29, 0.717) is 6.07 Å². The standard InChI is InChI=1S/C10H4Cl3F2N3/c11-5-1-4(14)2-7(15)8(5)17-9-6(12)3-16-10(13)18-9/h1-3H,(H,16,17,18). The second-order valence-electron chi connectivity index (χ2n) is 3.21. The number of benzene rings is 1. The first kappa shape index (κ1) is 13.3. The van der Waals surface area contributed by atoms with E-state index in [2.05, 4.69) is 15.3 Å². The van der Waals surface area contributed by atoms with Crippen LogP contribution in [0.15, 0.2) is 18.3 Å². The predicted molar refractivity (Wildman–Crippen MR) is 66.7 cm³/mol. The Balaban J connectivity index is 2.43. The van der Waals surface area contributed by atoms with Crippen LogP contribution >= 0.6 is 34.8 Å². The normalized spacial score (nSPS) is 10.5. The summed E-state index contributed by atoms with van der Waals surface area (Å²) in [7, 11) is 0. The lowest BCUT2D eigenvalue weighted by Crippen LogP contribution is -2.00. The number of hydrogen-bond donors (Lipinski definition) is 1. The van der Waals surface area contributed by atoms with Crippen LogP contribution in [0.4, 0.5) is 20.3 Å². The molecule has 0 saturated heterocycles. The van der Waals surface area contributed by atoms with E-state index in [9.17, 15) is 8.78 Å². The Labute approximate surface area is 116 Å². The van der Waals surface area contributed by atoms with Gasteiger partial charge in [-0.25, -0.2) is 13.8 Å². The smallest absolute Gasteiger partial charge is 0.224 e. The first-order valence-electron chi connectivity index (χ1n) is 4.57. The van der Waals surface area contributed by atoms with Gasteiger partial charge in [-0.2, -0.15) is 4.98 Å². The van der Waals surface area contributed by atoms with E-state index in [1.54, 1.807) is 0 Å². The molecule has 0 aliphatic carbocycles. The Morgan fingerprint density at radius 3 is 2.44 bits per heavy atom. The molecule has 0 spiro atoms. The van der Waals surface area contributed by atoms with E-state index in [0.717, 1.165) is 6.07 Å². The molecule has 2 rings (SSSR count). The van der Waals surface area contributed by atoms with Crippen molar-refractivity contribution in [2.24, 2.45) is 0 Å². The highest BCUT2D eigenvalue weighted by atomic mass is 35.5. The molecule has 0 saturated carbocycles. The lowest BCUT2D eigenvalue weighted by atomic mass is 10.3. The van der Waals surface area contributed by atoms with Crippen LogP contribution < -0.4 is 5.32 Å². The molecule has 8 heteroatoms. The second-order valence-corrected chi connectivity index (χ2v) is 4.36. The largest absolute Gasteiger partial charge is 0.335 e. The van der Waals surface area contributed by atoms with Gasteiger partial charge in [0.2, 0.25) is 5.28 Å². The van der Waals surface area contributed by atoms with E-state index in [4.69, 9.17) is 34.8 Å². The molecule has 1 aromatic heterocycles. The number of aromatic nitrogens is 2. The van der Waals surface area contributed by atoms with Crippen LogP contribution in [0.2, 0.25) is 15.3 Å². The van der Waals surface area contributed by atoms with Crippen LogP contribution in [-0.2, 0) is 0 Å². The molecule has 0 aliphatic rings. The van der Waals surface area contributed by atoms with Gasteiger partial charge in [-0.3, -0.25) is 0 Å². The van der Waals surface area contributed by atoms with Gasteiger partial charge in [0.05, 0.1) is 16.9 Å². The van der Waals surface area contributed by atoms with Gasteiger partial charge in [0.1, 0.15) is 10.8 Å². The molecule has 1 N–H and O–H groups in total. The Bertz CT molecular complexity index is 584. The zero-order valence-corrected chi connectivity index (χ0v) is 10.8. The van der Waals surface area contributed by atoms with Gasteiger partial charge in [-0.15, -0.1) is 0 Å². The number of rotatable bonds is 2. The minimum absolute atomic E-state index is 0.0689. The van der Waals surface area contributed by atoms with E-state index in [1.165, 1.54) is 6.20 Å². The molecular formula is C10H4Cl3F2N3. The summed E-state index contributed by atoms with van der Waals surface area (Å²) in [6.45, 7) is 0. The van der Waals surface area contributed by atoms with E-state index >= 15 is 0 Å². The Morgan fingerprint density at radius 2 is 1.78 bits per heavy atom. The first-order valence-corrected chi connectivity index (χ1v) is 5.70. The third-order valence-corrected chi connectivity index (χ3v) is 2.72. The second kappa shape index (κ2) is 5.22. The Morgan fingerprint density at radius 1 is 1.06 bits per heavy atom. The Hall–Kier alpha value is -1.17. The predicted octanol–water partition coefficient (Wildman–Crippen LogP) is 4.46. The molecule has 0 atom stereocenters. The summed E-state index contributed by atoms with van der Waals surface area (Å²) in [6.07, 6.45) is 1.24. The third-order valence-electron chi connectivity index (χ3n) is 1.96. The van der Waals surface area contributed by atoms with Crippen molar-refractivity contribution in [2.75, 3.05) is 5.32 Å². The van der Waals surface area contributed by atoms with Gasteiger partial charge < -0.3 is 5.32 Å². The van der Waals surface area contributed by atoms with Crippen molar-refractivity contribution >= 4 is 46.3 Å². The molecule has 0 amide bonds. The number of nitrogens with zero attached hydrogens (tertiary/aromatic N) is 2. The van der Waals surface area contributed by atoms with Crippen LogP contribution in [0.5, 0.6) is 0 Å². The van der Waals surface area contributed by atoms with Gasteiger partial charge in [0.15, 0.2) is 11.6 Å². The summed E-state index contributed by atoms with van der Waals surface area (Å²) in [5, 5.41) is 2.45. The van der Waals surface area contributed by atoms with Gasteiger partial charge in [0, 0.05) is 6.07 Å². The van der Waals surface area contributed by atoms with Crippen LogP contribution in [0.25, 0.3) is 0 Å². The minimum atomic E-state index is -0.870. The zero-order chi connectivity index (χ0) is 13.3. The van der Waals surface area contributed by atoms with Crippen molar-refractivity contribution in [3.63, 3.8) is 0 Å². The van der Waals surface area contributed by atoms with Crippen LogP contribution in [0, 0.1) is 11.6 Å². The van der Waals surface area contributed by atoms with E-state index in [1.807, 2.05) is 0 Å². The molecule has 94 valence electrons. The lowest BCUT2D eigenvalue weighted by molar-refractivity contribution is 0.586. The van der Waals surface area contributed by atoms with Crippen molar-refractivity contribution in [2.45, 2.75) is 0 Å². The van der Waals surface area contributed by atoms with Crippen molar-refractivity contribution in [1.82, 2.24) is 9.97 Å². The SMILES string of the molecule is Fc1cc(F)c(Nc2nc(Cl)ncc2Cl)c(Cl)c1. The number of hydrogen-bond acceptors (Lipinski definition) is 3. The lowest BCUT2D eigenvalue weighted by Gasteiger charge is -2.10. The first-order chi connectivity index (χ1) is 8.47. The molecule has 3 nitrogen and oxygen atoms in total. The number of nitrogens with one attached hydrogen (secondary N) is 1. The maximum atomic E-state index is 13.5. The van der Waals surface area contributed by atoms with Gasteiger partial charge in [0.25, 0.3) is 0 Å². The van der Waals surface area contributed by atoms with E-state index in [-0.39, 0.29) is 26.8 Å². The van der Waals surface area contributed by atoms with Crippen molar-refractivity contribution < 1.29 is 8.78 Å². The molecule has 2 aromatic rings. The van der Waals surface area contributed by atoms with Crippen molar-refractivity contribution in [1.29, 1.82) is 0 Å². The number of halogens is 5. The highest BCUT2D eigenvalue weighted by molar-refractivity contribution is 6.35. The highest BCUT2D eigenvalue weighted by Gasteiger charge is 2.13. The van der Waals surface area contributed by atoms with Crippen molar-refractivity contribution in [3.05, 3.63) is 45.3 Å². The summed E-state index contributed by atoms with van der Waals surface area (Å²) in [4.78, 5) is 7.40. The summed E-state index contributed by atoms with van der Waals surface area (Å²) in [5.41, 5.74) is -0.144. The van der Waals surface area contributed by atoms with Gasteiger partial charge >= 0.3 is 0 Å². The fourth-order valence-electron chi connectivity index (χ4n) is 1.21. The molecule has 0 fully saturated rings. The maximum absolute atomic E-state index is 13.5. The topological polar surface area (TPSA) is 37.8 Å². The maximum Gasteiger partial charge on any atom is 0.224 e. The molecule has 18 heavy (non-hydrogen) atoms. The molecular weight excluding hydrogens is 306 g/mol. The third kappa shape index (κ3) is 2.80. The average molecular weight is 311 g/mol. The van der Waals surface area contributed by atoms with Gasteiger partial charge in [-0.1, -0.05) is 23.2 Å². The number of anilines is 2. The van der Waals surface area contributed by atoms with Crippen LogP contribution in [-0.4, -0.2) is 9.97 Å². The summed E-state index contributed by atoms with van der Waals surface area (Å²) in [5.74, 6) is -1.58. The molecule has 1 heterocycles. The average Bonchev–Trinajstić information content (AvgIpc) is 2.28. The monoisotopic (exact) mass is 309 g/mol. The molecule has 0 radical (unpaired) electrons. The highest BCUT2D eigenvalue weighted by Crippen LogP contribution is 2.31. The summed E-state index contributed by atoms with van der Waals surface area (Å²) in [6, 6.07) is 1.65. The zero-order valence-electron chi connectivity index (χ0n) is 8.52. The van der Waals surface area contributed by atoms with Crippen LogP contribution in [0.3, 0.4) is 0 Å². The summed E-state index contributed by atoms with van der Waals surface area (Å²) < 4.78 is 26.4. The molecule has 0 aliphatic heterocycles. The molecule has 0 bridgehead atoms. The van der Waals surface area contributed by atoms with Gasteiger partial charge in [-0.05, 0) is 17.7 Å². The summed E-state index contributed by atoms with van der Waals surface area (Å²) >= 11 is 17.1. The molecule has 0 unspecified atom stereocenters. The minimum Gasteiger partial charge on any atom is -0.335 e.